The first-order valence-electron chi connectivity index (χ1n) is 6.28. The van der Waals surface area contributed by atoms with Gasteiger partial charge in [-0.2, -0.15) is 0 Å². The summed E-state index contributed by atoms with van der Waals surface area (Å²) in [5, 5.41) is 0. The van der Waals surface area contributed by atoms with Gasteiger partial charge in [0.1, 0.15) is 0 Å². The second kappa shape index (κ2) is 5.98. The minimum Gasteiger partial charge on any atom is -0.306 e. The van der Waals surface area contributed by atoms with Crippen LogP contribution in [0.2, 0.25) is 0 Å². The smallest absolute Gasteiger partial charge is 0.0234 e. The van der Waals surface area contributed by atoms with E-state index in [1.807, 2.05) is 0 Å². The molecule has 1 aromatic carbocycles. The van der Waals surface area contributed by atoms with Crippen molar-refractivity contribution in [2.24, 2.45) is 0 Å². The van der Waals surface area contributed by atoms with Gasteiger partial charge < -0.3 is 4.90 Å². The number of likely N-dealkylation sites (tertiary alicyclic amines) is 1. The van der Waals surface area contributed by atoms with Crippen LogP contribution in [0.15, 0.2) is 28.7 Å². The van der Waals surface area contributed by atoms with Crippen LogP contribution in [0, 0.1) is 0 Å². The Labute approximate surface area is 113 Å². The zero-order chi connectivity index (χ0) is 12.3. The molecular formula is C14H21BrN2. The summed E-state index contributed by atoms with van der Waals surface area (Å²) in [6.07, 6.45) is 2.59. The van der Waals surface area contributed by atoms with Gasteiger partial charge in [0.2, 0.25) is 0 Å². The lowest BCUT2D eigenvalue weighted by Gasteiger charge is -2.35. The van der Waals surface area contributed by atoms with Crippen molar-refractivity contribution in [2.75, 3.05) is 27.2 Å². The van der Waals surface area contributed by atoms with Gasteiger partial charge in [-0.3, -0.25) is 4.90 Å². The van der Waals surface area contributed by atoms with E-state index in [4.69, 9.17) is 0 Å². The number of rotatable bonds is 3. The fraction of sp³-hybridized carbons (Fsp3) is 0.571. The average Bonchev–Trinajstić information content (AvgIpc) is 2.29. The van der Waals surface area contributed by atoms with E-state index in [-0.39, 0.29) is 0 Å². The molecule has 0 bridgehead atoms. The van der Waals surface area contributed by atoms with E-state index < -0.39 is 0 Å². The highest BCUT2D eigenvalue weighted by Crippen LogP contribution is 2.18. The highest BCUT2D eigenvalue weighted by Gasteiger charge is 2.20. The van der Waals surface area contributed by atoms with Gasteiger partial charge in [-0.15, -0.1) is 0 Å². The zero-order valence-corrected chi connectivity index (χ0v) is 12.3. The summed E-state index contributed by atoms with van der Waals surface area (Å²) < 4.78 is 1.18. The zero-order valence-electron chi connectivity index (χ0n) is 10.7. The molecule has 3 heteroatoms. The number of piperidine rings is 1. The maximum Gasteiger partial charge on any atom is 0.0234 e. The van der Waals surface area contributed by atoms with Crippen molar-refractivity contribution >= 4 is 15.9 Å². The molecule has 0 radical (unpaired) electrons. The van der Waals surface area contributed by atoms with E-state index in [0.717, 1.165) is 12.6 Å². The molecule has 2 nitrogen and oxygen atoms in total. The Morgan fingerprint density at radius 3 is 2.59 bits per heavy atom. The van der Waals surface area contributed by atoms with Gasteiger partial charge >= 0.3 is 0 Å². The highest BCUT2D eigenvalue weighted by molar-refractivity contribution is 9.10. The summed E-state index contributed by atoms with van der Waals surface area (Å²) in [5.41, 5.74) is 1.41. The molecule has 0 N–H and O–H groups in total. The lowest BCUT2D eigenvalue weighted by atomic mass is 10.0. The Hall–Kier alpha value is -0.380. The van der Waals surface area contributed by atoms with Crippen molar-refractivity contribution in [3.8, 4) is 0 Å². The maximum atomic E-state index is 3.53. The Morgan fingerprint density at radius 2 is 2.00 bits per heavy atom. The SMILES string of the molecule is CN(C)C1CCN(Cc2cccc(Br)c2)CC1. The first-order chi connectivity index (χ1) is 8.15. The molecule has 0 aromatic heterocycles. The van der Waals surface area contributed by atoms with Crippen LogP contribution in [-0.4, -0.2) is 43.0 Å². The quantitative estimate of drug-likeness (QED) is 0.846. The van der Waals surface area contributed by atoms with Crippen LogP contribution in [0.4, 0.5) is 0 Å². The molecule has 94 valence electrons. The van der Waals surface area contributed by atoms with Crippen LogP contribution in [0.5, 0.6) is 0 Å². The summed E-state index contributed by atoms with van der Waals surface area (Å²) in [6.45, 7) is 3.52. The number of benzene rings is 1. The summed E-state index contributed by atoms with van der Waals surface area (Å²) in [5.74, 6) is 0. The van der Waals surface area contributed by atoms with Gasteiger partial charge in [0.25, 0.3) is 0 Å². The highest BCUT2D eigenvalue weighted by atomic mass is 79.9. The number of hydrogen-bond acceptors (Lipinski definition) is 2. The molecule has 1 aromatic rings. The number of nitrogens with zero attached hydrogens (tertiary/aromatic N) is 2. The minimum atomic E-state index is 0.772. The first kappa shape index (κ1) is 13.1. The molecule has 0 amide bonds. The van der Waals surface area contributed by atoms with Crippen molar-refractivity contribution in [1.82, 2.24) is 9.80 Å². The fourth-order valence-electron chi connectivity index (χ4n) is 2.49. The van der Waals surface area contributed by atoms with Gasteiger partial charge in [0.15, 0.2) is 0 Å². The predicted molar refractivity (Wildman–Crippen MR) is 76.1 cm³/mol. The van der Waals surface area contributed by atoms with Gasteiger partial charge in [0, 0.05) is 17.1 Å². The minimum absolute atomic E-state index is 0.772. The molecule has 0 atom stereocenters. The second-order valence-electron chi connectivity index (χ2n) is 5.10. The molecule has 17 heavy (non-hydrogen) atoms. The van der Waals surface area contributed by atoms with E-state index in [0.29, 0.717) is 0 Å². The first-order valence-corrected chi connectivity index (χ1v) is 7.07. The summed E-state index contributed by atoms with van der Waals surface area (Å²) >= 11 is 3.53. The summed E-state index contributed by atoms with van der Waals surface area (Å²) in [7, 11) is 4.38. The molecule has 1 aliphatic rings. The molecule has 1 aliphatic heterocycles. The topological polar surface area (TPSA) is 6.48 Å². The van der Waals surface area contributed by atoms with Gasteiger partial charge in [-0.05, 0) is 57.7 Å². The monoisotopic (exact) mass is 296 g/mol. The largest absolute Gasteiger partial charge is 0.306 e. The normalized spacial score (nSPS) is 18.8. The average molecular weight is 297 g/mol. The van der Waals surface area contributed by atoms with Crippen LogP contribution in [-0.2, 0) is 6.54 Å². The maximum absolute atomic E-state index is 3.53. The van der Waals surface area contributed by atoms with E-state index in [9.17, 15) is 0 Å². The third-order valence-corrected chi connectivity index (χ3v) is 4.08. The van der Waals surface area contributed by atoms with Crippen molar-refractivity contribution in [3.63, 3.8) is 0 Å². The standard InChI is InChI=1S/C14H21BrN2/c1-16(2)14-6-8-17(9-7-14)11-12-4-3-5-13(15)10-12/h3-5,10,14H,6-9,11H2,1-2H3. The Kier molecular flexibility index (Phi) is 4.60. The molecule has 2 rings (SSSR count). The molecular weight excluding hydrogens is 276 g/mol. The molecule has 1 heterocycles. The van der Waals surface area contributed by atoms with Crippen LogP contribution in [0.3, 0.4) is 0 Å². The third kappa shape index (κ3) is 3.80. The lowest BCUT2D eigenvalue weighted by Crippen LogP contribution is -2.41. The fourth-order valence-corrected chi connectivity index (χ4v) is 2.93. The lowest BCUT2D eigenvalue weighted by molar-refractivity contribution is 0.140. The van der Waals surface area contributed by atoms with E-state index in [1.165, 1.54) is 36.0 Å². The van der Waals surface area contributed by atoms with E-state index >= 15 is 0 Å². The van der Waals surface area contributed by atoms with Crippen LogP contribution < -0.4 is 0 Å². The van der Waals surface area contributed by atoms with E-state index in [2.05, 4.69) is 64.1 Å². The van der Waals surface area contributed by atoms with Crippen molar-refractivity contribution in [1.29, 1.82) is 0 Å². The molecule has 0 aliphatic carbocycles. The molecule has 1 saturated heterocycles. The van der Waals surface area contributed by atoms with Crippen LogP contribution in [0.1, 0.15) is 18.4 Å². The number of halogens is 1. The summed E-state index contributed by atoms with van der Waals surface area (Å²) in [4.78, 5) is 4.91. The van der Waals surface area contributed by atoms with Crippen molar-refractivity contribution in [2.45, 2.75) is 25.4 Å². The number of hydrogen-bond donors (Lipinski definition) is 0. The second-order valence-corrected chi connectivity index (χ2v) is 6.02. The van der Waals surface area contributed by atoms with Gasteiger partial charge in [-0.25, -0.2) is 0 Å². The molecule has 0 spiro atoms. The Morgan fingerprint density at radius 1 is 1.29 bits per heavy atom. The van der Waals surface area contributed by atoms with Crippen molar-refractivity contribution < 1.29 is 0 Å². The Bertz CT molecular complexity index is 357. The Balaban J connectivity index is 1.86. The van der Waals surface area contributed by atoms with Crippen LogP contribution in [0.25, 0.3) is 0 Å². The predicted octanol–water partition coefficient (Wildman–Crippen LogP) is 2.98. The van der Waals surface area contributed by atoms with Gasteiger partial charge in [0.05, 0.1) is 0 Å². The van der Waals surface area contributed by atoms with Crippen LogP contribution >= 0.6 is 15.9 Å². The van der Waals surface area contributed by atoms with E-state index in [1.54, 1.807) is 0 Å². The molecule has 1 fully saturated rings. The summed E-state index contributed by atoms with van der Waals surface area (Å²) in [6, 6.07) is 9.41. The third-order valence-electron chi connectivity index (χ3n) is 3.58. The molecule has 0 unspecified atom stereocenters. The van der Waals surface area contributed by atoms with Gasteiger partial charge in [-0.1, -0.05) is 28.1 Å². The van der Waals surface area contributed by atoms with Crippen molar-refractivity contribution in [3.05, 3.63) is 34.3 Å². The molecule has 0 saturated carbocycles.